The van der Waals surface area contributed by atoms with Crippen LogP contribution in [-0.2, 0) is 13.6 Å². The third kappa shape index (κ3) is 2.71. The molecule has 9 nitrogen and oxygen atoms in total. The van der Waals surface area contributed by atoms with Gasteiger partial charge in [0, 0.05) is 25.5 Å². The molecule has 20 heavy (non-hydrogen) atoms. The molecule has 0 radical (unpaired) electrons. The number of carbonyl (C=O) groups excluding carboxylic acids is 1. The second-order valence-electron chi connectivity index (χ2n) is 4.02. The van der Waals surface area contributed by atoms with Crippen molar-refractivity contribution in [3.05, 3.63) is 46.2 Å². The molecule has 0 aromatic carbocycles. The maximum absolute atomic E-state index is 12.0. The van der Waals surface area contributed by atoms with E-state index in [-0.39, 0.29) is 23.6 Å². The number of rotatable bonds is 4. The number of aryl methyl sites for hydroxylation is 1. The molecule has 1 amide bonds. The Morgan fingerprint density at radius 2 is 2.30 bits per heavy atom. The van der Waals surface area contributed by atoms with Gasteiger partial charge in [0.1, 0.15) is 17.8 Å². The van der Waals surface area contributed by atoms with Crippen molar-refractivity contribution in [2.24, 2.45) is 7.05 Å². The minimum atomic E-state index is -0.637. The van der Waals surface area contributed by atoms with Gasteiger partial charge in [-0.25, -0.2) is 9.97 Å². The third-order valence-electron chi connectivity index (χ3n) is 2.69. The molecule has 9 heteroatoms. The number of nitrogens with zero attached hydrogens (tertiary/aromatic N) is 4. The molecule has 0 fully saturated rings. The van der Waals surface area contributed by atoms with Crippen molar-refractivity contribution in [1.82, 2.24) is 19.9 Å². The molecule has 2 rings (SSSR count). The molecular formula is C11H12N6O3. The Balaban J connectivity index is 2.15. The van der Waals surface area contributed by atoms with Gasteiger partial charge >= 0.3 is 0 Å². The van der Waals surface area contributed by atoms with Gasteiger partial charge in [0.05, 0.1) is 17.0 Å². The molecule has 0 aliphatic carbocycles. The fourth-order valence-electron chi connectivity index (χ4n) is 1.57. The smallest absolute Gasteiger partial charge is 0.288 e. The van der Waals surface area contributed by atoms with Crippen molar-refractivity contribution in [2.75, 3.05) is 5.73 Å². The van der Waals surface area contributed by atoms with Gasteiger partial charge in [-0.2, -0.15) is 0 Å². The first-order chi connectivity index (χ1) is 9.49. The van der Waals surface area contributed by atoms with Crippen LogP contribution in [-0.4, -0.2) is 25.4 Å². The zero-order chi connectivity index (χ0) is 14.7. The molecule has 0 saturated carbocycles. The van der Waals surface area contributed by atoms with E-state index in [1.807, 2.05) is 0 Å². The number of aromatic nitrogens is 3. The predicted molar refractivity (Wildman–Crippen MR) is 69.7 cm³/mol. The molecule has 0 aliphatic heterocycles. The van der Waals surface area contributed by atoms with E-state index in [4.69, 9.17) is 5.73 Å². The molecular weight excluding hydrogens is 264 g/mol. The zero-order valence-corrected chi connectivity index (χ0v) is 10.6. The Morgan fingerprint density at radius 1 is 1.55 bits per heavy atom. The van der Waals surface area contributed by atoms with E-state index in [1.54, 1.807) is 24.0 Å². The van der Waals surface area contributed by atoms with Crippen LogP contribution in [0.15, 0.2) is 24.7 Å². The largest absolute Gasteiger partial charge is 0.383 e. The van der Waals surface area contributed by atoms with Crippen LogP contribution in [0.5, 0.6) is 0 Å². The lowest BCUT2D eigenvalue weighted by Gasteiger charge is -2.06. The third-order valence-corrected chi connectivity index (χ3v) is 2.69. The number of nitrogen functional groups attached to an aromatic ring is 1. The molecule has 3 N–H and O–H groups in total. The number of nitro groups is 1. The molecule has 0 saturated heterocycles. The molecule has 0 bridgehead atoms. The van der Waals surface area contributed by atoms with E-state index in [9.17, 15) is 14.9 Å². The lowest BCUT2D eigenvalue weighted by Crippen LogP contribution is -2.25. The zero-order valence-electron chi connectivity index (χ0n) is 10.6. The normalized spacial score (nSPS) is 10.2. The van der Waals surface area contributed by atoms with Crippen LogP contribution in [0.2, 0.25) is 0 Å². The van der Waals surface area contributed by atoms with Gasteiger partial charge in [-0.15, -0.1) is 0 Å². The number of pyridine rings is 1. The van der Waals surface area contributed by atoms with Crippen LogP contribution in [0.1, 0.15) is 16.2 Å². The average Bonchev–Trinajstić information content (AvgIpc) is 2.81. The van der Waals surface area contributed by atoms with E-state index in [0.29, 0.717) is 5.82 Å². The quantitative estimate of drug-likeness (QED) is 0.607. The van der Waals surface area contributed by atoms with Crippen molar-refractivity contribution in [1.29, 1.82) is 0 Å². The van der Waals surface area contributed by atoms with Gasteiger partial charge in [0.25, 0.3) is 11.6 Å². The van der Waals surface area contributed by atoms with Crippen molar-refractivity contribution < 1.29 is 9.72 Å². The van der Waals surface area contributed by atoms with Gasteiger partial charge < -0.3 is 15.6 Å². The standard InChI is InChI=1S/C11H12N6O3/c1-16-3-2-13-9(16)6-15-11(18)8-4-7(17(19)20)5-14-10(8)12/h2-5H,6H2,1H3,(H2,12,14)(H,15,18). The van der Waals surface area contributed by atoms with E-state index in [1.165, 1.54) is 0 Å². The van der Waals surface area contributed by atoms with Gasteiger partial charge in [0.15, 0.2) is 0 Å². The summed E-state index contributed by atoms with van der Waals surface area (Å²) in [6, 6.07) is 1.09. The first kappa shape index (κ1) is 13.5. The SMILES string of the molecule is Cn1ccnc1CNC(=O)c1cc([N+](=O)[O-])cnc1N. The number of imidazole rings is 1. The Hall–Kier alpha value is -2.97. The van der Waals surface area contributed by atoms with Crippen LogP contribution in [0.3, 0.4) is 0 Å². The van der Waals surface area contributed by atoms with Crippen LogP contribution in [0.4, 0.5) is 11.5 Å². The first-order valence-electron chi connectivity index (χ1n) is 5.63. The summed E-state index contributed by atoms with van der Waals surface area (Å²) < 4.78 is 1.75. The number of hydrogen-bond donors (Lipinski definition) is 2. The average molecular weight is 276 g/mol. The minimum Gasteiger partial charge on any atom is -0.383 e. The number of hydrogen-bond acceptors (Lipinski definition) is 6. The maximum atomic E-state index is 12.0. The summed E-state index contributed by atoms with van der Waals surface area (Å²) in [5.41, 5.74) is 5.23. The van der Waals surface area contributed by atoms with Gasteiger partial charge in [-0.3, -0.25) is 14.9 Å². The van der Waals surface area contributed by atoms with Crippen molar-refractivity contribution in [2.45, 2.75) is 6.54 Å². The summed E-state index contributed by atoms with van der Waals surface area (Å²) >= 11 is 0. The van der Waals surface area contributed by atoms with Gasteiger partial charge in [-0.1, -0.05) is 0 Å². The lowest BCUT2D eigenvalue weighted by atomic mass is 10.2. The molecule has 0 unspecified atom stereocenters. The Labute approximate surface area is 113 Å². The van der Waals surface area contributed by atoms with Crippen molar-refractivity contribution in [3.63, 3.8) is 0 Å². The monoisotopic (exact) mass is 276 g/mol. The number of amides is 1. The fraction of sp³-hybridized carbons (Fsp3) is 0.182. The molecule has 0 atom stereocenters. The van der Waals surface area contributed by atoms with Gasteiger partial charge in [-0.05, 0) is 0 Å². The Kier molecular flexibility index (Phi) is 3.60. The summed E-state index contributed by atoms with van der Waals surface area (Å²) in [5.74, 6) is 0.0463. The molecule has 2 aromatic rings. The number of nitrogens with two attached hydrogens (primary N) is 1. The van der Waals surface area contributed by atoms with E-state index >= 15 is 0 Å². The van der Waals surface area contributed by atoms with E-state index in [0.717, 1.165) is 12.3 Å². The van der Waals surface area contributed by atoms with Crippen molar-refractivity contribution in [3.8, 4) is 0 Å². The van der Waals surface area contributed by atoms with E-state index < -0.39 is 10.8 Å². The summed E-state index contributed by atoms with van der Waals surface area (Å²) in [6.45, 7) is 0.185. The van der Waals surface area contributed by atoms with Crippen molar-refractivity contribution >= 4 is 17.4 Å². The Bertz CT molecular complexity index is 666. The Morgan fingerprint density at radius 3 is 2.90 bits per heavy atom. The molecule has 0 aliphatic rings. The summed E-state index contributed by atoms with van der Waals surface area (Å²) in [4.78, 5) is 29.7. The highest BCUT2D eigenvalue weighted by Crippen LogP contribution is 2.16. The first-order valence-corrected chi connectivity index (χ1v) is 5.63. The second-order valence-corrected chi connectivity index (χ2v) is 4.02. The fourth-order valence-corrected chi connectivity index (χ4v) is 1.57. The highest BCUT2D eigenvalue weighted by molar-refractivity contribution is 5.98. The van der Waals surface area contributed by atoms with Crippen LogP contribution < -0.4 is 11.1 Å². The highest BCUT2D eigenvalue weighted by atomic mass is 16.6. The highest BCUT2D eigenvalue weighted by Gasteiger charge is 2.16. The molecule has 104 valence electrons. The van der Waals surface area contributed by atoms with Crippen LogP contribution in [0, 0.1) is 10.1 Å². The molecule has 0 spiro atoms. The summed E-state index contributed by atoms with van der Waals surface area (Å²) in [6.07, 6.45) is 4.35. The topological polar surface area (TPSA) is 129 Å². The number of nitrogens with one attached hydrogen (secondary N) is 1. The maximum Gasteiger partial charge on any atom is 0.288 e. The minimum absolute atomic E-state index is 0.0339. The predicted octanol–water partition coefficient (Wildman–Crippen LogP) is 0.236. The van der Waals surface area contributed by atoms with Crippen LogP contribution >= 0.6 is 0 Å². The lowest BCUT2D eigenvalue weighted by molar-refractivity contribution is -0.385. The van der Waals surface area contributed by atoms with Crippen LogP contribution in [0.25, 0.3) is 0 Å². The van der Waals surface area contributed by atoms with E-state index in [2.05, 4.69) is 15.3 Å². The second kappa shape index (κ2) is 5.34. The summed E-state index contributed by atoms with van der Waals surface area (Å²) in [5, 5.41) is 13.2. The number of carbonyl (C=O) groups is 1. The molecule has 2 heterocycles. The van der Waals surface area contributed by atoms with Gasteiger partial charge in [0.2, 0.25) is 0 Å². The molecule has 2 aromatic heterocycles. The summed E-state index contributed by atoms with van der Waals surface area (Å²) in [7, 11) is 1.79. The number of anilines is 1.